The first kappa shape index (κ1) is 17.5. The van der Waals surface area contributed by atoms with Crippen molar-refractivity contribution in [1.82, 2.24) is 4.90 Å². The SMILES string of the molecule is COC(=O)C1=C(C)N(C2CCCC2)C(=O)C1=Cc1cccc2ccccc12. The highest BCUT2D eigenvalue weighted by Crippen LogP contribution is 2.37. The van der Waals surface area contributed by atoms with Crippen LogP contribution >= 0.6 is 0 Å². The molecule has 1 aliphatic carbocycles. The van der Waals surface area contributed by atoms with E-state index in [4.69, 9.17) is 4.74 Å². The molecule has 0 spiro atoms. The van der Waals surface area contributed by atoms with Crippen LogP contribution in [0.2, 0.25) is 0 Å². The van der Waals surface area contributed by atoms with Crippen LogP contribution in [0.15, 0.2) is 59.3 Å². The lowest BCUT2D eigenvalue weighted by Crippen LogP contribution is -2.34. The van der Waals surface area contributed by atoms with Crippen molar-refractivity contribution >= 4 is 28.7 Å². The number of carbonyl (C=O) groups is 2. The largest absolute Gasteiger partial charge is 0.465 e. The van der Waals surface area contributed by atoms with E-state index in [0.29, 0.717) is 16.8 Å². The van der Waals surface area contributed by atoms with Gasteiger partial charge in [-0.3, -0.25) is 4.79 Å². The molecule has 0 radical (unpaired) electrons. The molecular weight excluding hydrogens is 338 g/mol. The highest BCUT2D eigenvalue weighted by Gasteiger charge is 2.41. The molecule has 27 heavy (non-hydrogen) atoms. The average molecular weight is 361 g/mol. The average Bonchev–Trinajstić information content (AvgIpc) is 3.28. The van der Waals surface area contributed by atoms with Gasteiger partial charge in [0.1, 0.15) is 0 Å². The van der Waals surface area contributed by atoms with Gasteiger partial charge in [0.25, 0.3) is 5.91 Å². The summed E-state index contributed by atoms with van der Waals surface area (Å²) < 4.78 is 5.00. The molecule has 138 valence electrons. The second kappa shape index (κ2) is 7.03. The first-order valence-electron chi connectivity index (χ1n) is 9.44. The fraction of sp³-hybridized carbons (Fsp3) is 0.304. The molecule has 1 saturated carbocycles. The van der Waals surface area contributed by atoms with Crippen molar-refractivity contribution in [3.05, 3.63) is 64.9 Å². The predicted molar refractivity (Wildman–Crippen MR) is 106 cm³/mol. The monoisotopic (exact) mass is 361 g/mol. The second-order valence-corrected chi connectivity index (χ2v) is 7.19. The minimum atomic E-state index is -0.451. The van der Waals surface area contributed by atoms with E-state index in [0.717, 1.165) is 42.0 Å². The van der Waals surface area contributed by atoms with Gasteiger partial charge in [0, 0.05) is 11.7 Å². The van der Waals surface area contributed by atoms with Crippen LogP contribution in [0.1, 0.15) is 38.2 Å². The van der Waals surface area contributed by atoms with Gasteiger partial charge in [0.2, 0.25) is 0 Å². The molecule has 0 N–H and O–H groups in total. The first-order valence-corrected chi connectivity index (χ1v) is 9.44. The Labute approximate surface area is 159 Å². The Kier molecular flexibility index (Phi) is 4.56. The molecule has 4 nitrogen and oxygen atoms in total. The summed E-state index contributed by atoms with van der Waals surface area (Å²) in [4.78, 5) is 27.6. The molecule has 0 unspecified atom stereocenters. The number of rotatable bonds is 3. The van der Waals surface area contributed by atoms with E-state index in [2.05, 4.69) is 0 Å². The Morgan fingerprint density at radius 2 is 1.81 bits per heavy atom. The van der Waals surface area contributed by atoms with Crippen LogP contribution in [-0.2, 0) is 14.3 Å². The standard InChI is InChI=1S/C23H23NO3/c1-15-21(23(26)27-2)20(22(25)24(15)18-11-4-5-12-18)14-17-10-7-9-16-8-3-6-13-19(16)17/h3,6-10,13-14,18H,4-5,11-12H2,1-2H3. The molecule has 4 rings (SSSR count). The fourth-order valence-electron chi connectivity index (χ4n) is 4.33. The summed E-state index contributed by atoms with van der Waals surface area (Å²) in [7, 11) is 1.36. The number of nitrogens with zero attached hydrogens (tertiary/aromatic N) is 1. The lowest BCUT2D eigenvalue weighted by Gasteiger charge is -2.25. The summed E-state index contributed by atoms with van der Waals surface area (Å²) in [5.74, 6) is -0.541. The Balaban J connectivity index is 1.85. The van der Waals surface area contributed by atoms with E-state index in [1.165, 1.54) is 7.11 Å². The second-order valence-electron chi connectivity index (χ2n) is 7.19. The molecule has 1 aliphatic heterocycles. The summed E-state index contributed by atoms with van der Waals surface area (Å²) in [5, 5.41) is 2.16. The van der Waals surface area contributed by atoms with Crippen LogP contribution < -0.4 is 0 Å². The quantitative estimate of drug-likeness (QED) is 0.599. The summed E-state index contributed by atoms with van der Waals surface area (Å²) in [6.45, 7) is 1.85. The smallest absolute Gasteiger partial charge is 0.340 e. The Hall–Kier alpha value is -2.88. The van der Waals surface area contributed by atoms with Crippen molar-refractivity contribution in [2.75, 3.05) is 7.11 Å². The number of esters is 1. The molecule has 2 aliphatic rings. The summed E-state index contributed by atoms with van der Waals surface area (Å²) in [6, 6.07) is 14.2. The molecule has 0 aromatic heterocycles. The predicted octanol–water partition coefficient (Wildman–Crippen LogP) is 4.46. The van der Waals surface area contributed by atoms with Gasteiger partial charge >= 0.3 is 5.97 Å². The number of hydrogen-bond donors (Lipinski definition) is 0. The molecule has 1 heterocycles. The summed E-state index contributed by atoms with van der Waals surface area (Å²) in [5.41, 5.74) is 2.47. The van der Waals surface area contributed by atoms with Crippen LogP contribution in [-0.4, -0.2) is 29.9 Å². The van der Waals surface area contributed by atoms with Gasteiger partial charge in [0.05, 0.1) is 18.3 Å². The number of fused-ring (bicyclic) bond motifs is 1. The maximum atomic E-state index is 13.3. The third-order valence-electron chi connectivity index (χ3n) is 5.64. The molecule has 1 amide bonds. The topological polar surface area (TPSA) is 46.6 Å². The molecule has 0 saturated heterocycles. The van der Waals surface area contributed by atoms with Crippen molar-refractivity contribution in [3.8, 4) is 0 Å². The summed E-state index contributed by atoms with van der Waals surface area (Å²) >= 11 is 0. The van der Waals surface area contributed by atoms with Gasteiger partial charge in [0.15, 0.2) is 0 Å². The van der Waals surface area contributed by atoms with E-state index in [1.807, 2.05) is 60.4 Å². The van der Waals surface area contributed by atoms with Crippen molar-refractivity contribution < 1.29 is 14.3 Å². The normalized spacial score (nSPS) is 19.6. The summed E-state index contributed by atoms with van der Waals surface area (Å²) in [6.07, 6.45) is 6.06. The van der Waals surface area contributed by atoms with Crippen molar-refractivity contribution in [1.29, 1.82) is 0 Å². The third-order valence-corrected chi connectivity index (χ3v) is 5.64. The van der Waals surface area contributed by atoms with Gasteiger partial charge in [-0.2, -0.15) is 0 Å². The van der Waals surface area contributed by atoms with Crippen LogP contribution in [0, 0.1) is 0 Å². The number of allylic oxidation sites excluding steroid dienone is 1. The van der Waals surface area contributed by atoms with E-state index >= 15 is 0 Å². The number of benzene rings is 2. The van der Waals surface area contributed by atoms with Gasteiger partial charge < -0.3 is 9.64 Å². The lowest BCUT2D eigenvalue weighted by atomic mass is 9.99. The van der Waals surface area contributed by atoms with Crippen molar-refractivity contribution in [2.45, 2.75) is 38.6 Å². The number of carbonyl (C=O) groups excluding carboxylic acids is 2. The van der Waals surface area contributed by atoms with Crippen LogP contribution in [0.4, 0.5) is 0 Å². The molecule has 4 heteroatoms. The molecule has 2 aromatic rings. The zero-order valence-corrected chi connectivity index (χ0v) is 15.7. The van der Waals surface area contributed by atoms with E-state index in [1.54, 1.807) is 0 Å². The van der Waals surface area contributed by atoms with Crippen LogP contribution in [0.5, 0.6) is 0 Å². The Bertz CT molecular complexity index is 975. The van der Waals surface area contributed by atoms with Crippen molar-refractivity contribution in [2.24, 2.45) is 0 Å². The first-order chi connectivity index (χ1) is 13.1. The third kappa shape index (κ3) is 2.95. The minimum Gasteiger partial charge on any atom is -0.465 e. The van der Waals surface area contributed by atoms with Gasteiger partial charge in [-0.15, -0.1) is 0 Å². The van der Waals surface area contributed by atoms with Crippen molar-refractivity contribution in [3.63, 3.8) is 0 Å². The fourth-order valence-corrected chi connectivity index (χ4v) is 4.33. The van der Waals surface area contributed by atoms with E-state index in [9.17, 15) is 9.59 Å². The number of hydrogen-bond acceptors (Lipinski definition) is 3. The lowest BCUT2D eigenvalue weighted by molar-refractivity contribution is -0.136. The highest BCUT2D eigenvalue weighted by molar-refractivity contribution is 6.17. The molecule has 2 aromatic carbocycles. The van der Waals surface area contributed by atoms with Gasteiger partial charge in [-0.25, -0.2) is 4.79 Å². The van der Waals surface area contributed by atoms with Gasteiger partial charge in [-0.05, 0) is 42.2 Å². The maximum absolute atomic E-state index is 13.3. The minimum absolute atomic E-state index is 0.0901. The Morgan fingerprint density at radius 1 is 1.11 bits per heavy atom. The number of methoxy groups -OCH3 is 1. The highest BCUT2D eigenvalue weighted by atomic mass is 16.5. The molecule has 1 fully saturated rings. The van der Waals surface area contributed by atoms with E-state index in [-0.39, 0.29) is 11.9 Å². The zero-order chi connectivity index (χ0) is 19.0. The molecule has 0 atom stereocenters. The van der Waals surface area contributed by atoms with Crippen LogP contribution in [0.3, 0.4) is 0 Å². The van der Waals surface area contributed by atoms with Crippen LogP contribution in [0.25, 0.3) is 16.8 Å². The Morgan fingerprint density at radius 3 is 2.56 bits per heavy atom. The maximum Gasteiger partial charge on any atom is 0.340 e. The zero-order valence-electron chi connectivity index (χ0n) is 15.7. The van der Waals surface area contributed by atoms with E-state index < -0.39 is 5.97 Å². The molecule has 0 bridgehead atoms. The number of ether oxygens (including phenoxy) is 1. The van der Waals surface area contributed by atoms with Gasteiger partial charge in [-0.1, -0.05) is 55.3 Å². The number of amides is 1. The molecular formula is C23H23NO3.